The Hall–Kier alpha value is -1.55. The Labute approximate surface area is 126 Å². The van der Waals surface area contributed by atoms with Gasteiger partial charge in [-0.05, 0) is 37.0 Å². The molecule has 2 heterocycles. The lowest BCUT2D eigenvalue weighted by molar-refractivity contribution is -0.136. The number of carbonyl (C=O) groups excluding carboxylic acids is 1. The molecule has 2 unspecified atom stereocenters. The van der Waals surface area contributed by atoms with E-state index in [0.29, 0.717) is 5.91 Å². The third-order valence-corrected chi connectivity index (χ3v) is 4.74. The fourth-order valence-corrected chi connectivity index (χ4v) is 3.49. The molecule has 0 spiro atoms. The first-order chi connectivity index (χ1) is 10.3. The second-order valence-corrected chi connectivity index (χ2v) is 6.03. The summed E-state index contributed by atoms with van der Waals surface area (Å²) in [5.41, 5.74) is 1.23. The molecule has 0 radical (unpaired) electrons. The van der Waals surface area contributed by atoms with E-state index in [1.807, 2.05) is 12.1 Å². The van der Waals surface area contributed by atoms with E-state index in [1.54, 1.807) is 7.11 Å². The second-order valence-electron chi connectivity index (χ2n) is 6.03. The number of methoxy groups -OCH3 is 1. The van der Waals surface area contributed by atoms with Crippen LogP contribution in [0.15, 0.2) is 24.3 Å². The summed E-state index contributed by atoms with van der Waals surface area (Å²) < 4.78 is 5.21. The van der Waals surface area contributed by atoms with Crippen LogP contribution in [0, 0.1) is 5.92 Å². The van der Waals surface area contributed by atoms with Gasteiger partial charge in [0.1, 0.15) is 5.75 Å². The van der Waals surface area contributed by atoms with Crippen LogP contribution in [0.2, 0.25) is 0 Å². The van der Waals surface area contributed by atoms with E-state index in [9.17, 15) is 4.79 Å². The number of carbonyl (C=O) groups is 1. The van der Waals surface area contributed by atoms with E-state index in [2.05, 4.69) is 22.3 Å². The average Bonchev–Trinajstić information content (AvgIpc) is 3.04. The van der Waals surface area contributed by atoms with Crippen molar-refractivity contribution >= 4 is 5.91 Å². The lowest BCUT2D eigenvalue weighted by Gasteiger charge is -2.31. The largest absolute Gasteiger partial charge is 0.497 e. The van der Waals surface area contributed by atoms with Gasteiger partial charge in [0.05, 0.1) is 13.0 Å². The van der Waals surface area contributed by atoms with E-state index >= 15 is 0 Å². The molecule has 2 aliphatic heterocycles. The topological polar surface area (TPSA) is 41.6 Å². The number of piperidine rings is 1. The van der Waals surface area contributed by atoms with Crippen LogP contribution in [0.3, 0.4) is 0 Å². The smallest absolute Gasteiger partial charge is 0.227 e. The molecule has 114 valence electrons. The van der Waals surface area contributed by atoms with Crippen LogP contribution in [0.5, 0.6) is 5.75 Å². The highest BCUT2D eigenvalue weighted by atomic mass is 16.5. The minimum Gasteiger partial charge on any atom is -0.497 e. The van der Waals surface area contributed by atoms with Gasteiger partial charge in [-0.25, -0.2) is 0 Å². The third-order valence-electron chi connectivity index (χ3n) is 4.74. The molecule has 2 saturated heterocycles. The predicted octanol–water partition coefficient (Wildman–Crippen LogP) is 2.01. The van der Waals surface area contributed by atoms with Gasteiger partial charge in [0.25, 0.3) is 0 Å². The second kappa shape index (κ2) is 6.48. The molecule has 0 aromatic heterocycles. The van der Waals surface area contributed by atoms with Crippen LogP contribution < -0.4 is 10.1 Å². The zero-order valence-corrected chi connectivity index (χ0v) is 12.7. The third kappa shape index (κ3) is 3.05. The van der Waals surface area contributed by atoms with Gasteiger partial charge in [-0.1, -0.05) is 12.1 Å². The number of likely N-dealkylation sites (tertiary alicyclic amines) is 1. The van der Waals surface area contributed by atoms with Gasteiger partial charge in [0.2, 0.25) is 5.91 Å². The normalized spacial score (nSPS) is 25.9. The lowest BCUT2D eigenvalue weighted by atomic mass is 9.87. The summed E-state index contributed by atoms with van der Waals surface area (Å²) in [5.74, 6) is 1.56. The van der Waals surface area contributed by atoms with Crippen LogP contribution in [0.1, 0.15) is 30.7 Å². The van der Waals surface area contributed by atoms with E-state index in [-0.39, 0.29) is 11.8 Å². The van der Waals surface area contributed by atoms with E-state index < -0.39 is 0 Å². The lowest BCUT2D eigenvalue weighted by Crippen LogP contribution is -2.41. The maximum absolute atomic E-state index is 12.8. The summed E-state index contributed by atoms with van der Waals surface area (Å²) in [6.07, 6.45) is 3.56. The first-order valence-electron chi connectivity index (χ1n) is 7.93. The van der Waals surface area contributed by atoms with Gasteiger partial charge >= 0.3 is 0 Å². The van der Waals surface area contributed by atoms with Crippen molar-refractivity contribution in [1.29, 1.82) is 0 Å². The van der Waals surface area contributed by atoms with Crippen molar-refractivity contribution in [3.8, 4) is 5.75 Å². The van der Waals surface area contributed by atoms with E-state index in [4.69, 9.17) is 4.74 Å². The number of nitrogens with zero attached hydrogens (tertiary/aromatic N) is 1. The summed E-state index contributed by atoms with van der Waals surface area (Å²) in [7, 11) is 1.68. The Morgan fingerprint density at radius 2 is 1.86 bits per heavy atom. The number of amides is 1. The summed E-state index contributed by atoms with van der Waals surface area (Å²) >= 11 is 0. The number of nitrogens with one attached hydrogen (secondary N) is 1. The molecule has 0 bridgehead atoms. The van der Waals surface area contributed by atoms with Crippen molar-refractivity contribution in [2.45, 2.75) is 25.2 Å². The average molecular weight is 288 g/mol. The molecule has 2 aliphatic rings. The SMILES string of the molecule is COc1ccc(C2CNCC2C(=O)N2CCCCC2)cc1. The number of benzene rings is 1. The predicted molar refractivity (Wildman–Crippen MR) is 82.5 cm³/mol. The summed E-state index contributed by atoms with van der Waals surface area (Å²) in [6.45, 7) is 3.55. The zero-order chi connectivity index (χ0) is 14.7. The molecular weight excluding hydrogens is 264 g/mol. The maximum Gasteiger partial charge on any atom is 0.227 e. The fraction of sp³-hybridized carbons (Fsp3) is 0.588. The minimum absolute atomic E-state index is 0.0801. The Morgan fingerprint density at radius 1 is 1.14 bits per heavy atom. The molecule has 3 rings (SSSR count). The highest BCUT2D eigenvalue weighted by Crippen LogP contribution is 2.31. The number of hydrogen-bond acceptors (Lipinski definition) is 3. The standard InChI is InChI=1S/C17H24N2O2/c1-21-14-7-5-13(6-8-14)15-11-18-12-16(15)17(20)19-9-3-2-4-10-19/h5-8,15-16,18H,2-4,9-12H2,1H3. The van der Waals surface area contributed by atoms with Crippen LogP contribution in [0.25, 0.3) is 0 Å². The first kappa shape index (κ1) is 14.4. The molecule has 1 aromatic rings. The highest BCUT2D eigenvalue weighted by molar-refractivity contribution is 5.80. The van der Waals surface area contributed by atoms with Crippen molar-refractivity contribution in [2.75, 3.05) is 33.3 Å². The quantitative estimate of drug-likeness (QED) is 0.925. The van der Waals surface area contributed by atoms with Gasteiger partial charge in [0, 0.05) is 32.1 Å². The molecule has 1 aromatic carbocycles. The monoisotopic (exact) mass is 288 g/mol. The molecule has 1 amide bonds. The Balaban J connectivity index is 1.73. The minimum atomic E-state index is 0.0801. The Bertz CT molecular complexity index is 480. The zero-order valence-electron chi connectivity index (χ0n) is 12.7. The molecule has 4 heteroatoms. The van der Waals surface area contributed by atoms with Crippen molar-refractivity contribution in [1.82, 2.24) is 10.2 Å². The molecule has 1 N–H and O–H groups in total. The summed E-state index contributed by atoms with van der Waals surface area (Å²) in [4.78, 5) is 14.8. The van der Waals surface area contributed by atoms with Crippen molar-refractivity contribution in [3.05, 3.63) is 29.8 Å². The number of rotatable bonds is 3. The highest BCUT2D eigenvalue weighted by Gasteiger charge is 2.36. The maximum atomic E-state index is 12.8. The van der Waals surface area contributed by atoms with E-state index in [1.165, 1.54) is 12.0 Å². The van der Waals surface area contributed by atoms with Crippen LogP contribution in [-0.2, 0) is 4.79 Å². The number of ether oxygens (including phenoxy) is 1. The molecule has 2 fully saturated rings. The molecule has 4 nitrogen and oxygen atoms in total. The van der Waals surface area contributed by atoms with Gasteiger partial charge in [-0.2, -0.15) is 0 Å². The van der Waals surface area contributed by atoms with Crippen LogP contribution >= 0.6 is 0 Å². The molecule has 21 heavy (non-hydrogen) atoms. The van der Waals surface area contributed by atoms with Gasteiger partial charge < -0.3 is 15.0 Å². The molecular formula is C17H24N2O2. The van der Waals surface area contributed by atoms with Crippen molar-refractivity contribution in [3.63, 3.8) is 0 Å². The molecule has 0 aliphatic carbocycles. The summed E-state index contributed by atoms with van der Waals surface area (Å²) in [5, 5.41) is 3.39. The van der Waals surface area contributed by atoms with Crippen LogP contribution in [-0.4, -0.2) is 44.1 Å². The first-order valence-corrected chi connectivity index (χ1v) is 7.93. The summed E-state index contributed by atoms with van der Waals surface area (Å²) in [6, 6.07) is 8.14. The van der Waals surface area contributed by atoms with Gasteiger partial charge in [-0.3, -0.25) is 4.79 Å². The Morgan fingerprint density at radius 3 is 2.52 bits per heavy atom. The van der Waals surface area contributed by atoms with Gasteiger partial charge in [0.15, 0.2) is 0 Å². The van der Waals surface area contributed by atoms with Gasteiger partial charge in [-0.15, -0.1) is 0 Å². The van der Waals surface area contributed by atoms with Crippen molar-refractivity contribution < 1.29 is 9.53 Å². The van der Waals surface area contributed by atoms with Crippen LogP contribution in [0.4, 0.5) is 0 Å². The fourth-order valence-electron chi connectivity index (χ4n) is 3.49. The van der Waals surface area contributed by atoms with E-state index in [0.717, 1.165) is 44.8 Å². The van der Waals surface area contributed by atoms with Crippen molar-refractivity contribution in [2.24, 2.45) is 5.92 Å². The number of hydrogen-bond donors (Lipinski definition) is 1. The Kier molecular flexibility index (Phi) is 4.44. The molecule has 0 saturated carbocycles. The molecule has 2 atom stereocenters.